The Labute approximate surface area is 201 Å². The normalized spacial score (nSPS) is 10.9. The van der Waals surface area contributed by atoms with Crippen molar-refractivity contribution in [3.63, 3.8) is 0 Å². The SMILES string of the molecule is COc1cc(-c2nnc(SCCCCCn3nnc(-c4ccccc4)n3)o2)cc(OC)c1OC. The molecule has 0 saturated heterocycles. The van der Waals surface area contributed by atoms with Crippen molar-refractivity contribution in [3.05, 3.63) is 42.5 Å². The molecule has 0 atom stereocenters. The van der Waals surface area contributed by atoms with Gasteiger partial charge in [-0.2, -0.15) is 4.80 Å². The second-order valence-electron chi connectivity index (χ2n) is 7.27. The molecule has 10 nitrogen and oxygen atoms in total. The molecule has 0 N–H and O–H groups in total. The third kappa shape index (κ3) is 5.66. The van der Waals surface area contributed by atoms with Crippen LogP contribution < -0.4 is 14.2 Å². The topological polar surface area (TPSA) is 110 Å². The number of benzene rings is 2. The summed E-state index contributed by atoms with van der Waals surface area (Å²) in [6.45, 7) is 0.732. The molecule has 0 saturated carbocycles. The highest BCUT2D eigenvalue weighted by Gasteiger charge is 2.17. The number of aromatic nitrogens is 6. The number of aryl methyl sites for hydroxylation is 1. The molecule has 4 rings (SSSR count). The van der Waals surface area contributed by atoms with E-state index < -0.39 is 0 Å². The number of hydrogen-bond acceptors (Lipinski definition) is 10. The fourth-order valence-electron chi connectivity index (χ4n) is 3.32. The fourth-order valence-corrected chi connectivity index (χ4v) is 4.08. The van der Waals surface area contributed by atoms with Crippen LogP contribution in [0.15, 0.2) is 52.1 Å². The molecule has 2 aromatic heterocycles. The molecule has 0 spiro atoms. The van der Waals surface area contributed by atoms with Gasteiger partial charge in [-0.1, -0.05) is 48.5 Å². The zero-order valence-corrected chi connectivity index (χ0v) is 20.1. The van der Waals surface area contributed by atoms with E-state index in [9.17, 15) is 0 Å². The Bertz CT molecular complexity index is 1170. The van der Waals surface area contributed by atoms with E-state index in [1.807, 2.05) is 30.3 Å². The molecule has 2 aromatic carbocycles. The summed E-state index contributed by atoms with van der Waals surface area (Å²) in [5, 5.41) is 21.5. The van der Waals surface area contributed by atoms with Gasteiger partial charge < -0.3 is 18.6 Å². The van der Waals surface area contributed by atoms with Gasteiger partial charge in [-0.25, -0.2) is 0 Å². The first kappa shape index (κ1) is 23.6. The summed E-state index contributed by atoms with van der Waals surface area (Å²) < 4.78 is 22.0. The molecule has 178 valence electrons. The molecule has 0 fully saturated rings. The number of ether oxygens (including phenoxy) is 3. The van der Waals surface area contributed by atoms with Gasteiger partial charge >= 0.3 is 0 Å². The number of unbranched alkanes of at least 4 members (excludes halogenated alkanes) is 2. The summed E-state index contributed by atoms with van der Waals surface area (Å²) in [7, 11) is 4.69. The van der Waals surface area contributed by atoms with Crippen LogP contribution in [0.2, 0.25) is 0 Å². The Hall–Kier alpha value is -3.60. The van der Waals surface area contributed by atoms with E-state index in [1.165, 1.54) is 11.8 Å². The van der Waals surface area contributed by atoms with Crippen LogP contribution in [-0.2, 0) is 6.54 Å². The summed E-state index contributed by atoms with van der Waals surface area (Å²) in [5.74, 6) is 3.49. The van der Waals surface area contributed by atoms with Gasteiger partial charge in [0.15, 0.2) is 11.5 Å². The average molecular weight is 483 g/mol. The summed E-state index contributed by atoms with van der Waals surface area (Å²) in [6.07, 6.45) is 3.00. The molecule has 11 heteroatoms. The van der Waals surface area contributed by atoms with E-state index in [0.717, 1.165) is 37.1 Å². The summed E-state index contributed by atoms with van der Waals surface area (Å²) in [4.78, 5) is 1.65. The van der Waals surface area contributed by atoms with Crippen LogP contribution >= 0.6 is 11.8 Å². The van der Waals surface area contributed by atoms with E-state index in [2.05, 4.69) is 25.6 Å². The van der Waals surface area contributed by atoms with Gasteiger partial charge in [0.05, 0.1) is 27.9 Å². The molecule has 0 amide bonds. The van der Waals surface area contributed by atoms with Crippen molar-refractivity contribution in [2.75, 3.05) is 27.1 Å². The van der Waals surface area contributed by atoms with Crippen LogP contribution in [-0.4, -0.2) is 57.5 Å². The maximum Gasteiger partial charge on any atom is 0.276 e. The Morgan fingerprint density at radius 1 is 0.853 bits per heavy atom. The van der Waals surface area contributed by atoms with Crippen molar-refractivity contribution < 1.29 is 18.6 Å². The van der Waals surface area contributed by atoms with E-state index in [4.69, 9.17) is 18.6 Å². The number of tetrazole rings is 1. The number of hydrogen-bond donors (Lipinski definition) is 0. The highest BCUT2D eigenvalue weighted by atomic mass is 32.2. The van der Waals surface area contributed by atoms with Crippen molar-refractivity contribution >= 4 is 11.8 Å². The Balaban J connectivity index is 1.23. The van der Waals surface area contributed by atoms with E-state index in [1.54, 1.807) is 38.3 Å². The van der Waals surface area contributed by atoms with E-state index in [-0.39, 0.29) is 0 Å². The lowest BCUT2D eigenvalue weighted by Crippen LogP contribution is -2.02. The maximum absolute atomic E-state index is 5.82. The number of nitrogens with zero attached hydrogens (tertiary/aromatic N) is 6. The molecule has 0 radical (unpaired) electrons. The molecule has 0 bridgehead atoms. The lowest BCUT2D eigenvalue weighted by Gasteiger charge is -2.12. The van der Waals surface area contributed by atoms with Gasteiger partial charge in [0.2, 0.25) is 17.5 Å². The number of thioether (sulfide) groups is 1. The zero-order valence-electron chi connectivity index (χ0n) is 19.3. The third-order valence-corrected chi connectivity index (χ3v) is 5.94. The predicted octanol–water partition coefficient (Wildman–Crippen LogP) is 4.38. The standard InChI is InChI=1S/C23H26N6O4S/c1-30-18-14-17(15-19(31-2)20(18)32-3)22-25-26-23(33-22)34-13-9-5-8-12-29-27-21(24-28-29)16-10-6-4-7-11-16/h4,6-7,10-11,14-15H,5,8-9,12-13H2,1-3H3. The highest BCUT2D eigenvalue weighted by Crippen LogP contribution is 2.41. The van der Waals surface area contributed by atoms with Crippen LogP contribution in [0.5, 0.6) is 17.2 Å². The fraction of sp³-hybridized carbons (Fsp3) is 0.348. The smallest absolute Gasteiger partial charge is 0.276 e. The molecule has 2 heterocycles. The predicted molar refractivity (Wildman–Crippen MR) is 127 cm³/mol. The molecular formula is C23H26N6O4S. The van der Waals surface area contributed by atoms with Gasteiger partial charge in [0.1, 0.15) is 0 Å². The molecule has 0 aliphatic rings. The lowest BCUT2D eigenvalue weighted by molar-refractivity contribution is 0.324. The van der Waals surface area contributed by atoms with Crippen molar-refractivity contribution in [3.8, 4) is 40.1 Å². The minimum atomic E-state index is 0.397. The largest absolute Gasteiger partial charge is 0.493 e. The van der Waals surface area contributed by atoms with Gasteiger partial charge in [-0.15, -0.1) is 20.4 Å². The van der Waals surface area contributed by atoms with Crippen LogP contribution in [0, 0.1) is 0 Å². The quantitative estimate of drug-likeness (QED) is 0.213. The van der Waals surface area contributed by atoms with E-state index in [0.29, 0.717) is 39.7 Å². The number of methoxy groups -OCH3 is 3. The summed E-state index contributed by atoms with van der Waals surface area (Å²) in [6, 6.07) is 13.4. The van der Waals surface area contributed by atoms with Crippen LogP contribution in [0.1, 0.15) is 19.3 Å². The van der Waals surface area contributed by atoms with Crippen LogP contribution in [0.25, 0.3) is 22.8 Å². The van der Waals surface area contributed by atoms with Crippen molar-refractivity contribution in [2.24, 2.45) is 0 Å². The van der Waals surface area contributed by atoms with Crippen molar-refractivity contribution in [1.82, 2.24) is 30.4 Å². The van der Waals surface area contributed by atoms with Gasteiger partial charge in [-0.3, -0.25) is 0 Å². The van der Waals surface area contributed by atoms with Gasteiger partial charge in [0.25, 0.3) is 5.22 Å². The minimum Gasteiger partial charge on any atom is -0.493 e. The van der Waals surface area contributed by atoms with E-state index >= 15 is 0 Å². The monoisotopic (exact) mass is 482 g/mol. The zero-order chi connectivity index (χ0) is 23.8. The summed E-state index contributed by atoms with van der Waals surface area (Å²) in [5.41, 5.74) is 1.67. The molecule has 4 aromatic rings. The number of rotatable bonds is 12. The van der Waals surface area contributed by atoms with Gasteiger partial charge in [-0.05, 0) is 30.2 Å². The average Bonchev–Trinajstić information content (AvgIpc) is 3.56. The minimum absolute atomic E-state index is 0.397. The first-order valence-corrected chi connectivity index (χ1v) is 11.8. The molecular weight excluding hydrogens is 456 g/mol. The van der Waals surface area contributed by atoms with Gasteiger partial charge in [0, 0.05) is 16.9 Å². The molecule has 34 heavy (non-hydrogen) atoms. The Morgan fingerprint density at radius 3 is 2.32 bits per heavy atom. The lowest BCUT2D eigenvalue weighted by atomic mass is 10.2. The third-order valence-electron chi connectivity index (χ3n) is 5.03. The highest BCUT2D eigenvalue weighted by molar-refractivity contribution is 7.99. The molecule has 0 aliphatic heterocycles. The Morgan fingerprint density at radius 2 is 1.62 bits per heavy atom. The molecule has 0 aliphatic carbocycles. The van der Waals surface area contributed by atoms with Crippen LogP contribution in [0.3, 0.4) is 0 Å². The first-order chi connectivity index (χ1) is 16.7. The van der Waals surface area contributed by atoms with Crippen LogP contribution in [0.4, 0.5) is 0 Å². The molecule has 0 unspecified atom stereocenters. The Kier molecular flexibility index (Phi) is 7.97. The first-order valence-electron chi connectivity index (χ1n) is 10.8. The maximum atomic E-state index is 5.82. The van der Waals surface area contributed by atoms with Crippen molar-refractivity contribution in [1.29, 1.82) is 0 Å². The van der Waals surface area contributed by atoms with Crippen molar-refractivity contribution in [2.45, 2.75) is 31.0 Å². The second kappa shape index (κ2) is 11.5. The second-order valence-corrected chi connectivity index (χ2v) is 8.32. The summed E-state index contributed by atoms with van der Waals surface area (Å²) >= 11 is 1.53.